The molecule has 0 heterocycles. The Labute approximate surface area is 161 Å². The number of rotatable bonds is 8. The third-order valence-electron chi connectivity index (χ3n) is 4.60. The highest BCUT2D eigenvalue weighted by molar-refractivity contribution is 6.03. The second-order valence-corrected chi connectivity index (χ2v) is 7.26. The van der Waals surface area contributed by atoms with Crippen molar-refractivity contribution in [3.63, 3.8) is 0 Å². The lowest BCUT2D eigenvalue weighted by atomic mass is 9.80. The van der Waals surface area contributed by atoms with Crippen molar-refractivity contribution in [3.8, 4) is 0 Å². The Balaban J connectivity index is 2.12. The van der Waals surface area contributed by atoms with Gasteiger partial charge in [-0.15, -0.1) is 0 Å². The fraction of sp³-hybridized carbons (Fsp3) is 0.240. The van der Waals surface area contributed by atoms with Gasteiger partial charge in [0.2, 0.25) is 0 Å². The van der Waals surface area contributed by atoms with Crippen molar-refractivity contribution in [2.75, 3.05) is 6.61 Å². The maximum absolute atomic E-state index is 13.8. The van der Waals surface area contributed by atoms with Crippen molar-refractivity contribution in [1.29, 1.82) is 0 Å². The molecule has 0 aliphatic carbocycles. The molecule has 0 aliphatic rings. The molecule has 0 fully saturated rings. The van der Waals surface area contributed by atoms with Crippen LogP contribution in [0.15, 0.2) is 91.0 Å². The third-order valence-corrected chi connectivity index (χ3v) is 4.60. The van der Waals surface area contributed by atoms with E-state index in [1.165, 1.54) is 0 Å². The first-order chi connectivity index (χ1) is 13.1. The van der Waals surface area contributed by atoms with Crippen LogP contribution in [0.3, 0.4) is 0 Å². The summed E-state index contributed by atoms with van der Waals surface area (Å²) in [4.78, 5) is 13.8. The van der Waals surface area contributed by atoms with Crippen molar-refractivity contribution in [2.45, 2.75) is 25.9 Å². The van der Waals surface area contributed by atoms with E-state index in [9.17, 15) is 4.79 Å². The lowest BCUT2D eigenvalue weighted by molar-refractivity contribution is -0.0399. The molecule has 0 amide bonds. The number of carbonyl (C=O) groups excluding carboxylic acids is 1. The SMILES string of the molecule is CC(C)COC(Cc1ccccc1)(C(=O)c1ccccc1)c1ccccc1. The molecular weight excluding hydrogens is 332 g/mol. The number of carbonyl (C=O) groups is 1. The van der Waals surface area contributed by atoms with Crippen LogP contribution >= 0.6 is 0 Å². The molecule has 0 N–H and O–H groups in total. The minimum absolute atomic E-state index is 0.00111. The summed E-state index contributed by atoms with van der Waals surface area (Å²) >= 11 is 0. The molecule has 1 unspecified atom stereocenters. The smallest absolute Gasteiger partial charge is 0.199 e. The molecule has 138 valence electrons. The first kappa shape index (κ1) is 19.1. The molecule has 0 aromatic heterocycles. The molecule has 0 spiro atoms. The van der Waals surface area contributed by atoms with E-state index in [1.54, 1.807) is 0 Å². The minimum atomic E-state index is -1.05. The Bertz CT molecular complexity index is 841. The molecule has 0 saturated heterocycles. The van der Waals surface area contributed by atoms with Gasteiger partial charge < -0.3 is 4.74 Å². The van der Waals surface area contributed by atoms with Crippen molar-refractivity contribution >= 4 is 5.78 Å². The van der Waals surface area contributed by atoms with Crippen LogP contribution in [-0.2, 0) is 16.8 Å². The zero-order valence-corrected chi connectivity index (χ0v) is 16.0. The molecule has 3 aromatic carbocycles. The summed E-state index contributed by atoms with van der Waals surface area (Å²) in [5, 5.41) is 0. The van der Waals surface area contributed by atoms with Gasteiger partial charge in [0.05, 0.1) is 6.61 Å². The van der Waals surface area contributed by atoms with Crippen LogP contribution in [0.2, 0.25) is 0 Å². The maximum Gasteiger partial charge on any atom is 0.199 e. The zero-order chi connectivity index (χ0) is 19.1. The number of ketones is 1. The largest absolute Gasteiger partial charge is 0.361 e. The van der Waals surface area contributed by atoms with Gasteiger partial charge in [0.15, 0.2) is 11.4 Å². The fourth-order valence-electron chi connectivity index (χ4n) is 3.24. The van der Waals surface area contributed by atoms with Crippen LogP contribution in [0.1, 0.15) is 35.3 Å². The topological polar surface area (TPSA) is 26.3 Å². The monoisotopic (exact) mass is 358 g/mol. The summed E-state index contributed by atoms with van der Waals surface area (Å²) < 4.78 is 6.45. The molecular formula is C25H26O2. The molecule has 0 aliphatic heterocycles. The Morgan fingerprint density at radius 2 is 1.33 bits per heavy atom. The van der Waals surface area contributed by atoms with Crippen molar-refractivity contribution < 1.29 is 9.53 Å². The van der Waals surface area contributed by atoms with E-state index >= 15 is 0 Å². The molecule has 1 atom stereocenters. The minimum Gasteiger partial charge on any atom is -0.361 e. The summed E-state index contributed by atoms with van der Waals surface area (Å²) in [6.07, 6.45) is 0.498. The Hall–Kier alpha value is -2.71. The molecule has 3 rings (SSSR count). The summed E-state index contributed by atoms with van der Waals surface area (Å²) in [5.74, 6) is 0.325. The highest BCUT2D eigenvalue weighted by Gasteiger charge is 2.42. The second-order valence-electron chi connectivity index (χ2n) is 7.26. The van der Waals surface area contributed by atoms with Gasteiger partial charge in [0.1, 0.15) is 0 Å². The van der Waals surface area contributed by atoms with Crippen molar-refractivity contribution in [2.24, 2.45) is 5.92 Å². The first-order valence-corrected chi connectivity index (χ1v) is 9.45. The van der Waals surface area contributed by atoms with Gasteiger partial charge in [-0.1, -0.05) is 105 Å². The van der Waals surface area contributed by atoms with E-state index in [1.807, 2.05) is 78.9 Å². The van der Waals surface area contributed by atoms with E-state index in [0.29, 0.717) is 24.5 Å². The number of hydrogen-bond acceptors (Lipinski definition) is 2. The second kappa shape index (κ2) is 8.79. The third kappa shape index (κ3) is 4.53. The van der Waals surface area contributed by atoms with Gasteiger partial charge in [-0.2, -0.15) is 0 Å². The Morgan fingerprint density at radius 3 is 1.89 bits per heavy atom. The van der Waals surface area contributed by atoms with Crippen molar-refractivity contribution in [1.82, 2.24) is 0 Å². The number of benzene rings is 3. The van der Waals surface area contributed by atoms with Crippen LogP contribution < -0.4 is 0 Å². The van der Waals surface area contributed by atoms with Gasteiger partial charge in [-0.25, -0.2) is 0 Å². The van der Waals surface area contributed by atoms with Gasteiger partial charge in [-0.3, -0.25) is 4.79 Å². The van der Waals surface area contributed by atoms with Gasteiger partial charge in [-0.05, 0) is 17.0 Å². The molecule has 3 aromatic rings. The molecule has 0 saturated carbocycles. The van der Waals surface area contributed by atoms with E-state index in [0.717, 1.165) is 11.1 Å². The lowest BCUT2D eigenvalue weighted by Gasteiger charge is -2.34. The average Bonchev–Trinajstić information content (AvgIpc) is 2.72. The van der Waals surface area contributed by atoms with Crippen LogP contribution in [0.4, 0.5) is 0 Å². The van der Waals surface area contributed by atoms with E-state index in [2.05, 4.69) is 26.0 Å². The van der Waals surface area contributed by atoms with Gasteiger partial charge >= 0.3 is 0 Å². The average molecular weight is 358 g/mol. The summed E-state index contributed by atoms with van der Waals surface area (Å²) in [7, 11) is 0. The highest BCUT2D eigenvalue weighted by atomic mass is 16.5. The van der Waals surface area contributed by atoms with Gasteiger partial charge in [0, 0.05) is 12.0 Å². The Kier molecular flexibility index (Phi) is 6.20. The van der Waals surface area contributed by atoms with E-state index in [-0.39, 0.29) is 5.78 Å². The predicted octanol–water partition coefficient (Wildman–Crippen LogP) is 5.68. The fourth-order valence-corrected chi connectivity index (χ4v) is 3.24. The van der Waals surface area contributed by atoms with Crippen LogP contribution in [-0.4, -0.2) is 12.4 Å². The Morgan fingerprint density at radius 1 is 0.815 bits per heavy atom. The molecule has 27 heavy (non-hydrogen) atoms. The number of hydrogen-bond donors (Lipinski definition) is 0. The maximum atomic E-state index is 13.8. The molecule has 2 nitrogen and oxygen atoms in total. The summed E-state index contributed by atoms with van der Waals surface area (Å²) in [6, 6.07) is 29.4. The van der Waals surface area contributed by atoms with Crippen molar-refractivity contribution in [3.05, 3.63) is 108 Å². The number of ether oxygens (including phenoxy) is 1. The molecule has 0 bridgehead atoms. The lowest BCUT2D eigenvalue weighted by Crippen LogP contribution is -2.42. The summed E-state index contributed by atoms with van der Waals surface area (Å²) in [6.45, 7) is 4.72. The van der Waals surface area contributed by atoms with Gasteiger partial charge in [0.25, 0.3) is 0 Å². The standard InChI is InChI=1S/C25H26O2/c1-20(2)19-27-25(23-16-10-5-11-17-23,18-21-12-6-3-7-13-21)24(26)22-14-8-4-9-15-22/h3-17,20H,18-19H2,1-2H3. The predicted molar refractivity (Wildman–Crippen MR) is 110 cm³/mol. The van der Waals surface area contributed by atoms with Crippen LogP contribution in [0.25, 0.3) is 0 Å². The van der Waals surface area contributed by atoms with E-state index in [4.69, 9.17) is 4.74 Å². The quantitative estimate of drug-likeness (QED) is 0.484. The van der Waals surface area contributed by atoms with Crippen LogP contribution in [0.5, 0.6) is 0 Å². The molecule has 0 radical (unpaired) electrons. The first-order valence-electron chi connectivity index (χ1n) is 9.45. The summed E-state index contributed by atoms with van der Waals surface area (Å²) in [5.41, 5.74) is 1.59. The highest BCUT2D eigenvalue weighted by Crippen LogP contribution is 2.34. The normalized spacial score (nSPS) is 13.3. The van der Waals surface area contributed by atoms with E-state index < -0.39 is 5.60 Å². The molecule has 2 heteroatoms. The zero-order valence-electron chi connectivity index (χ0n) is 16.0. The number of Topliss-reactive ketones (excluding diaryl/α,β-unsaturated/α-hetero) is 1. The van der Waals surface area contributed by atoms with Crippen LogP contribution in [0, 0.1) is 5.92 Å².